The normalized spacial score (nSPS) is 24.5. The molecule has 0 aromatic heterocycles. The molecule has 1 aromatic rings. The average molecular weight is 615 g/mol. The van der Waals surface area contributed by atoms with Crippen molar-refractivity contribution >= 4 is 35.5 Å². The SMILES string of the molecule is CC[C@H]1NC(=O)[C@@H](CCCNC(=N)N)NC(=O)[C@@](C)(NC(=O)C(C)C)CCCCCCNC(=O)[C@H](c2ccccc2)NC1=O. The molecule has 1 fully saturated rings. The second kappa shape index (κ2) is 17.8. The Morgan fingerprint density at radius 2 is 1.64 bits per heavy atom. The first-order valence-electron chi connectivity index (χ1n) is 15.5. The van der Waals surface area contributed by atoms with Gasteiger partial charge in [0, 0.05) is 19.0 Å². The van der Waals surface area contributed by atoms with E-state index in [2.05, 4.69) is 31.9 Å². The topological polar surface area (TPSA) is 207 Å². The van der Waals surface area contributed by atoms with E-state index in [0.29, 0.717) is 44.3 Å². The van der Waals surface area contributed by atoms with E-state index in [1.165, 1.54) is 0 Å². The predicted molar refractivity (Wildman–Crippen MR) is 168 cm³/mol. The van der Waals surface area contributed by atoms with Crippen LogP contribution in [0.1, 0.15) is 90.7 Å². The molecule has 1 heterocycles. The Bertz CT molecular complexity index is 1150. The van der Waals surface area contributed by atoms with Crippen LogP contribution in [-0.4, -0.2) is 66.2 Å². The molecule has 5 amide bonds. The lowest BCUT2D eigenvalue weighted by molar-refractivity contribution is -0.137. The predicted octanol–water partition coefficient (Wildman–Crippen LogP) is 1.10. The largest absolute Gasteiger partial charge is 0.370 e. The van der Waals surface area contributed by atoms with Crippen LogP contribution < -0.4 is 37.6 Å². The van der Waals surface area contributed by atoms with Crippen molar-refractivity contribution in [3.05, 3.63) is 35.9 Å². The third-order valence-corrected chi connectivity index (χ3v) is 7.66. The van der Waals surface area contributed by atoms with Gasteiger partial charge < -0.3 is 37.6 Å². The van der Waals surface area contributed by atoms with Crippen LogP contribution in [0.4, 0.5) is 0 Å². The fraction of sp³-hybridized carbons (Fsp3) is 0.613. The molecule has 0 spiro atoms. The quantitative estimate of drug-likeness (QED) is 0.121. The summed E-state index contributed by atoms with van der Waals surface area (Å²) in [5.74, 6) is -2.82. The maximum atomic E-state index is 13.7. The number of carbonyl (C=O) groups excluding carboxylic acids is 5. The lowest BCUT2D eigenvalue weighted by Gasteiger charge is -2.33. The third-order valence-electron chi connectivity index (χ3n) is 7.66. The lowest BCUT2D eigenvalue weighted by Crippen LogP contribution is -2.62. The first kappa shape index (κ1) is 36.0. The summed E-state index contributed by atoms with van der Waals surface area (Å²) in [6.45, 7) is 7.57. The Labute approximate surface area is 260 Å². The second-order valence-electron chi connectivity index (χ2n) is 11.8. The van der Waals surface area contributed by atoms with E-state index >= 15 is 0 Å². The van der Waals surface area contributed by atoms with Crippen LogP contribution in [0.5, 0.6) is 0 Å². The summed E-state index contributed by atoms with van der Waals surface area (Å²) in [5.41, 5.74) is 4.71. The van der Waals surface area contributed by atoms with E-state index in [9.17, 15) is 24.0 Å². The van der Waals surface area contributed by atoms with Gasteiger partial charge in [0.15, 0.2) is 5.96 Å². The monoisotopic (exact) mass is 614 g/mol. The molecule has 1 aromatic carbocycles. The average Bonchev–Trinajstić information content (AvgIpc) is 2.98. The van der Waals surface area contributed by atoms with Gasteiger partial charge in [-0.1, -0.05) is 70.4 Å². The molecule has 44 heavy (non-hydrogen) atoms. The van der Waals surface area contributed by atoms with Gasteiger partial charge in [-0.2, -0.15) is 0 Å². The highest BCUT2D eigenvalue weighted by atomic mass is 16.2. The molecule has 0 aliphatic carbocycles. The van der Waals surface area contributed by atoms with Gasteiger partial charge in [0.25, 0.3) is 0 Å². The van der Waals surface area contributed by atoms with Gasteiger partial charge in [-0.05, 0) is 44.6 Å². The van der Waals surface area contributed by atoms with Crippen LogP contribution in [0.3, 0.4) is 0 Å². The molecule has 0 bridgehead atoms. The van der Waals surface area contributed by atoms with Gasteiger partial charge >= 0.3 is 0 Å². The molecule has 0 unspecified atom stereocenters. The van der Waals surface area contributed by atoms with E-state index in [4.69, 9.17) is 11.1 Å². The maximum Gasteiger partial charge on any atom is 0.247 e. The molecule has 9 N–H and O–H groups in total. The first-order chi connectivity index (χ1) is 20.9. The molecule has 13 heteroatoms. The third kappa shape index (κ3) is 11.5. The zero-order chi connectivity index (χ0) is 32.7. The minimum atomic E-state index is -1.28. The second-order valence-corrected chi connectivity index (χ2v) is 11.8. The van der Waals surface area contributed by atoms with Crippen molar-refractivity contribution in [2.45, 2.75) is 103 Å². The van der Waals surface area contributed by atoms with Crippen LogP contribution in [0.2, 0.25) is 0 Å². The van der Waals surface area contributed by atoms with Crippen molar-refractivity contribution in [2.75, 3.05) is 13.1 Å². The van der Waals surface area contributed by atoms with Crippen LogP contribution in [-0.2, 0) is 24.0 Å². The van der Waals surface area contributed by atoms with Crippen molar-refractivity contribution in [1.29, 1.82) is 5.41 Å². The van der Waals surface area contributed by atoms with Gasteiger partial charge in [0.1, 0.15) is 23.7 Å². The molecule has 1 saturated heterocycles. The summed E-state index contributed by atoms with van der Waals surface area (Å²) in [4.78, 5) is 66.6. The van der Waals surface area contributed by atoms with Crippen molar-refractivity contribution < 1.29 is 24.0 Å². The fourth-order valence-electron chi connectivity index (χ4n) is 4.85. The van der Waals surface area contributed by atoms with E-state index in [1.54, 1.807) is 52.0 Å². The Morgan fingerprint density at radius 3 is 2.27 bits per heavy atom. The fourth-order valence-corrected chi connectivity index (χ4v) is 4.85. The maximum absolute atomic E-state index is 13.7. The number of carbonyl (C=O) groups is 5. The molecular formula is C31H50N8O5. The number of rotatable bonds is 8. The number of benzene rings is 1. The Hall–Kier alpha value is -4.16. The highest BCUT2D eigenvalue weighted by Crippen LogP contribution is 2.19. The number of nitrogens with one attached hydrogen (secondary N) is 7. The summed E-state index contributed by atoms with van der Waals surface area (Å²) in [7, 11) is 0. The van der Waals surface area contributed by atoms with Gasteiger partial charge in [-0.25, -0.2) is 0 Å². The van der Waals surface area contributed by atoms with Crippen molar-refractivity contribution in [3.8, 4) is 0 Å². The van der Waals surface area contributed by atoms with Gasteiger partial charge in [0.05, 0.1) is 0 Å². The van der Waals surface area contributed by atoms with Crippen LogP contribution in [0.15, 0.2) is 30.3 Å². The smallest absolute Gasteiger partial charge is 0.247 e. The highest BCUT2D eigenvalue weighted by Gasteiger charge is 2.38. The standard InChI is InChI=1S/C31H50N8O5/c1-5-22-26(41)38-24(21-14-9-8-10-15-21)28(43)34-18-12-7-6-11-17-31(4,39-25(40)20(2)3)29(44)37-23(27(42)36-22)16-13-19-35-30(32)33/h8-10,14-15,20,22-24H,5-7,11-13,16-19H2,1-4H3,(H,34,43)(H,36,42)(H,37,44)(H,38,41)(H,39,40)(H4,32,33,35)/t22-,23-,24+,31+/m1/s1. The molecule has 13 nitrogen and oxygen atoms in total. The zero-order valence-corrected chi connectivity index (χ0v) is 26.4. The van der Waals surface area contributed by atoms with Crippen LogP contribution >= 0.6 is 0 Å². The highest BCUT2D eigenvalue weighted by molar-refractivity contribution is 5.97. The molecule has 244 valence electrons. The number of hydrogen-bond donors (Lipinski definition) is 8. The Balaban J connectivity index is 2.38. The Kier molecular flexibility index (Phi) is 14.6. The Morgan fingerprint density at radius 1 is 0.977 bits per heavy atom. The minimum Gasteiger partial charge on any atom is -0.370 e. The van der Waals surface area contributed by atoms with Crippen LogP contribution in [0.25, 0.3) is 0 Å². The summed E-state index contributed by atoms with van der Waals surface area (Å²) >= 11 is 0. The molecule has 1 aliphatic heterocycles. The lowest BCUT2D eigenvalue weighted by atomic mass is 9.91. The number of hydrogen-bond acceptors (Lipinski definition) is 6. The molecule has 2 rings (SSSR count). The van der Waals surface area contributed by atoms with Gasteiger partial charge in [-0.15, -0.1) is 0 Å². The number of nitrogens with two attached hydrogens (primary N) is 1. The van der Waals surface area contributed by atoms with Crippen molar-refractivity contribution in [1.82, 2.24) is 31.9 Å². The van der Waals surface area contributed by atoms with E-state index in [1.807, 2.05) is 6.07 Å². The molecule has 4 atom stereocenters. The zero-order valence-electron chi connectivity index (χ0n) is 26.4. The van der Waals surface area contributed by atoms with E-state index in [0.717, 1.165) is 12.8 Å². The summed E-state index contributed by atoms with van der Waals surface area (Å²) < 4.78 is 0. The summed E-state index contributed by atoms with van der Waals surface area (Å²) in [6, 6.07) is 5.92. The molecule has 0 radical (unpaired) electrons. The van der Waals surface area contributed by atoms with Crippen molar-refractivity contribution in [2.24, 2.45) is 11.7 Å². The number of amides is 5. The van der Waals surface area contributed by atoms with Crippen LogP contribution in [0, 0.1) is 11.3 Å². The van der Waals surface area contributed by atoms with E-state index in [-0.39, 0.29) is 36.5 Å². The summed E-state index contributed by atoms with van der Waals surface area (Å²) in [5, 5.41) is 24.2. The molecule has 0 saturated carbocycles. The van der Waals surface area contributed by atoms with Gasteiger partial charge in [0.2, 0.25) is 29.5 Å². The van der Waals surface area contributed by atoms with Crippen molar-refractivity contribution in [3.63, 3.8) is 0 Å². The number of guanidine groups is 1. The summed E-state index contributed by atoms with van der Waals surface area (Å²) in [6.07, 6.45) is 4.02. The first-order valence-corrected chi connectivity index (χ1v) is 15.5. The molecule has 1 aliphatic rings. The molecular weight excluding hydrogens is 564 g/mol. The minimum absolute atomic E-state index is 0.180. The van der Waals surface area contributed by atoms with Gasteiger partial charge in [-0.3, -0.25) is 29.4 Å². The van der Waals surface area contributed by atoms with E-state index < -0.39 is 41.4 Å².